The van der Waals surface area contributed by atoms with Crippen LogP contribution < -0.4 is 0 Å². The van der Waals surface area contributed by atoms with Crippen LogP contribution in [0.5, 0.6) is 0 Å². The lowest BCUT2D eigenvalue weighted by Gasteiger charge is -2.25. The minimum atomic E-state index is -1.34. The number of hydrogen-bond donors (Lipinski definition) is 0. The lowest BCUT2D eigenvalue weighted by Crippen LogP contribution is -2.27. The van der Waals surface area contributed by atoms with Crippen LogP contribution in [0.1, 0.15) is 11.6 Å². The Morgan fingerprint density at radius 2 is 1.73 bits per heavy atom. The van der Waals surface area contributed by atoms with Gasteiger partial charge in [-0.05, 0) is 35.9 Å². The molecule has 0 radical (unpaired) electrons. The zero-order valence-electron chi connectivity index (χ0n) is 13.1. The zero-order valence-corrected chi connectivity index (χ0v) is 14.1. The van der Waals surface area contributed by atoms with Crippen molar-refractivity contribution in [3.05, 3.63) is 59.9 Å². The molecule has 3 nitrogen and oxygen atoms in total. The van der Waals surface area contributed by atoms with E-state index in [-0.39, 0.29) is 11.9 Å². The average molecular weight is 313 g/mol. The topological polar surface area (TPSA) is 30.7 Å². The Balaban J connectivity index is 2.10. The van der Waals surface area contributed by atoms with Crippen LogP contribution >= 0.6 is 0 Å². The number of nitrogens with zero attached hydrogens (tertiary/aromatic N) is 3. The quantitative estimate of drug-likeness (QED) is 0.664. The Labute approximate surface area is 130 Å². The van der Waals surface area contributed by atoms with E-state index in [9.17, 15) is 4.39 Å². The van der Waals surface area contributed by atoms with E-state index in [1.807, 2.05) is 41.1 Å². The van der Waals surface area contributed by atoms with Gasteiger partial charge in [-0.3, -0.25) is 0 Å². The van der Waals surface area contributed by atoms with Crippen LogP contribution in [0.15, 0.2) is 48.5 Å². The second kappa shape index (κ2) is 5.65. The Bertz CT molecular complexity index is 774. The lowest BCUT2D eigenvalue weighted by molar-refractivity contribution is 0.552. The van der Waals surface area contributed by atoms with Gasteiger partial charge in [0, 0.05) is 8.07 Å². The lowest BCUT2D eigenvalue weighted by atomic mass is 10.1. The molecule has 2 aromatic carbocycles. The Morgan fingerprint density at radius 1 is 1.05 bits per heavy atom. The van der Waals surface area contributed by atoms with Gasteiger partial charge in [-0.25, -0.2) is 9.07 Å². The van der Waals surface area contributed by atoms with Crippen molar-refractivity contribution in [2.45, 2.75) is 31.7 Å². The molecule has 0 N–H and O–H groups in total. The van der Waals surface area contributed by atoms with Gasteiger partial charge >= 0.3 is 0 Å². The number of para-hydroxylation sites is 1. The van der Waals surface area contributed by atoms with Gasteiger partial charge in [0.05, 0.1) is 11.6 Å². The van der Waals surface area contributed by atoms with Gasteiger partial charge in [-0.2, -0.15) is 0 Å². The number of halogens is 1. The number of rotatable bonds is 4. The first kappa shape index (κ1) is 14.9. The highest BCUT2D eigenvalue weighted by Gasteiger charge is 2.25. The molecule has 5 heteroatoms. The fourth-order valence-electron chi connectivity index (χ4n) is 2.73. The van der Waals surface area contributed by atoms with Gasteiger partial charge in [0.2, 0.25) is 0 Å². The highest BCUT2D eigenvalue weighted by molar-refractivity contribution is 6.76. The minimum absolute atomic E-state index is 0.0969. The van der Waals surface area contributed by atoms with Crippen molar-refractivity contribution in [1.82, 2.24) is 15.0 Å². The summed E-state index contributed by atoms with van der Waals surface area (Å²) in [7, 11) is -1.34. The normalized spacial score (nSPS) is 13.5. The fourth-order valence-corrected chi connectivity index (χ4v) is 4.30. The van der Waals surface area contributed by atoms with Crippen LogP contribution in [0.4, 0.5) is 4.39 Å². The Hall–Kier alpha value is -2.01. The highest BCUT2D eigenvalue weighted by atomic mass is 28.3. The predicted octanol–water partition coefficient (Wildman–Crippen LogP) is 4.50. The molecule has 0 aliphatic carbocycles. The third-order valence-corrected chi connectivity index (χ3v) is 5.34. The van der Waals surface area contributed by atoms with Crippen molar-refractivity contribution < 1.29 is 4.39 Å². The molecular formula is C17H20FN3Si. The first-order chi connectivity index (χ1) is 10.4. The van der Waals surface area contributed by atoms with E-state index in [0.29, 0.717) is 0 Å². The predicted molar refractivity (Wildman–Crippen MR) is 90.2 cm³/mol. The monoisotopic (exact) mass is 313 g/mol. The maximum atomic E-state index is 13.3. The van der Waals surface area contributed by atoms with E-state index < -0.39 is 8.07 Å². The van der Waals surface area contributed by atoms with Crippen molar-refractivity contribution in [1.29, 1.82) is 0 Å². The molecule has 0 amide bonds. The summed E-state index contributed by atoms with van der Waals surface area (Å²) >= 11 is 0. The number of aromatic nitrogens is 3. The molecule has 114 valence electrons. The summed E-state index contributed by atoms with van der Waals surface area (Å²) in [6.45, 7) is 7.01. The van der Waals surface area contributed by atoms with Crippen LogP contribution in [-0.2, 0) is 0 Å². The molecule has 3 aromatic rings. The molecule has 0 saturated heterocycles. The van der Waals surface area contributed by atoms with E-state index >= 15 is 0 Å². The summed E-state index contributed by atoms with van der Waals surface area (Å²) in [6.07, 6.45) is 0. The summed E-state index contributed by atoms with van der Waals surface area (Å²) in [5.74, 6) is -0.209. The molecule has 1 atom stereocenters. The second-order valence-corrected chi connectivity index (χ2v) is 12.4. The Morgan fingerprint density at radius 3 is 2.41 bits per heavy atom. The third kappa shape index (κ3) is 3.09. The minimum Gasteiger partial charge on any atom is -0.237 e. The largest absolute Gasteiger partial charge is 0.237 e. The van der Waals surface area contributed by atoms with Crippen molar-refractivity contribution in [2.24, 2.45) is 0 Å². The summed E-state index contributed by atoms with van der Waals surface area (Å²) in [6, 6.07) is 15.9. The fraction of sp³-hybridized carbons (Fsp3) is 0.294. The summed E-state index contributed by atoms with van der Waals surface area (Å²) in [4.78, 5) is 0. The summed E-state index contributed by atoms with van der Waals surface area (Å²) < 4.78 is 15.2. The molecule has 0 aliphatic rings. The van der Waals surface area contributed by atoms with Gasteiger partial charge < -0.3 is 0 Å². The van der Waals surface area contributed by atoms with E-state index in [2.05, 4.69) is 30.0 Å². The van der Waals surface area contributed by atoms with E-state index in [1.165, 1.54) is 12.1 Å². The maximum Gasteiger partial charge on any atom is 0.123 e. The number of hydrogen-bond acceptors (Lipinski definition) is 2. The molecule has 1 aromatic heterocycles. The van der Waals surface area contributed by atoms with Crippen LogP contribution in [0.25, 0.3) is 11.0 Å². The van der Waals surface area contributed by atoms with Gasteiger partial charge in [0.1, 0.15) is 11.3 Å². The van der Waals surface area contributed by atoms with Crippen LogP contribution in [0.3, 0.4) is 0 Å². The van der Waals surface area contributed by atoms with Crippen molar-refractivity contribution in [3.8, 4) is 0 Å². The summed E-state index contributed by atoms with van der Waals surface area (Å²) in [5.41, 5.74) is 3.00. The smallest absolute Gasteiger partial charge is 0.123 e. The van der Waals surface area contributed by atoms with Crippen molar-refractivity contribution >= 4 is 19.1 Å². The van der Waals surface area contributed by atoms with E-state index in [0.717, 1.165) is 22.6 Å². The van der Waals surface area contributed by atoms with Crippen LogP contribution in [0, 0.1) is 5.82 Å². The SMILES string of the molecule is C[Si](C)(C)CC(c1ccc(F)cc1)n1nnc2ccccc21. The molecule has 22 heavy (non-hydrogen) atoms. The van der Waals surface area contributed by atoms with E-state index in [4.69, 9.17) is 0 Å². The van der Waals surface area contributed by atoms with E-state index in [1.54, 1.807) is 0 Å². The highest BCUT2D eigenvalue weighted by Crippen LogP contribution is 2.30. The van der Waals surface area contributed by atoms with Crippen molar-refractivity contribution in [2.75, 3.05) is 0 Å². The molecule has 0 bridgehead atoms. The van der Waals surface area contributed by atoms with Crippen molar-refractivity contribution in [3.63, 3.8) is 0 Å². The standard InChI is InChI=1S/C17H20FN3Si/c1-22(2,3)12-17(13-8-10-14(18)11-9-13)21-16-7-5-4-6-15(16)19-20-21/h4-11,17H,12H2,1-3H3. The van der Waals surface area contributed by atoms with Crippen LogP contribution in [0.2, 0.25) is 25.7 Å². The molecule has 1 heterocycles. The molecule has 0 spiro atoms. The zero-order chi connectivity index (χ0) is 15.7. The molecule has 0 fully saturated rings. The number of fused-ring (bicyclic) bond motifs is 1. The molecular weight excluding hydrogens is 293 g/mol. The average Bonchev–Trinajstić information content (AvgIpc) is 2.89. The first-order valence-corrected chi connectivity index (χ1v) is 11.2. The van der Waals surface area contributed by atoms with Gasteiger partial charge in [-0.1, -0.05) is 49.1 Å². The van der Waals surface area contributed by atoms with Crippen LogP contribution in [-0.4, -0.2) is 23.1 Å². The first-order valence-electron chi connectivity index (χ1n) is 7.49. The molecule has 3 rings (SSSR count). The molecule has 1 unspecified atom stereocenters. The molecule has 0 aliphatic heterocycles. The Kier molecular flexibility index (Phi) is 3.82. The number of benzene rings is 2. The summed E-state index contributed by atoms with van der Waals surface area (Å²) in [5, 5.41) is 8.64. The van der Waals surface area contributed by atoms with Gasteiger partial charge in [-0.15, -0.1) is 5.10 Å². The second-order valence-electron chi connectivity index (χ2n) is 6.85. The van der Waals surface area contributed by atoms with Gasteiger partial charge in [0.25, 0.3) is 0 Å². The maximum absolute atomic E-state index is 13.3. The third-order valence-electron chi connectivity index (χ3n) is 3.73. The molecule has 0 saturated carbocycles. The van der Waals surface area contributed by atoms with Gasteiger partial charge in [0.15, 0.2) is 0 Å².